The second-order valence-corrected chi connectivity index (χ2v) is 3.67. The summed E-state index contributed by atoms with van der Waals surface area (Å²) in [6, 6.07) is 14.1. The van der Waals surface area contributed by atoms with E-state index in [9.17, 15) is 5.11 Å². The molecule has 0 unspecified atom stereocenters. The highest BCUT2D eigenvalue weighted by atomic mass is 16.3. The Kier molecular flexibility index (Phi) is 1.76. The molecule has 0 aliphatic carbocycles. The summed E-state index contributed by atoms with van der Waals surface area (Å²) in [5, 5.41) is 11.6. The van der Waals surface area contributed by atoms with Crippen LogP contribution in [0.3, 0.4) is 0 Å². The highest BCUT2D eigenvalue weighted by Crippen LogP contribution is 2.27. The van der Waals surface area contributed by atoms with Crippen LogP contribution in [0.2, 0.25) is 0 Å². The van der Waals surface area contributed by atoms with E-state index < -0.39 is 0 Å². The van der Waals surface area contributed by atoms with Crippen molar-refractivity contribution >= 4 is 21.8 Å². The van der Waals surface area contributed by atoms with E-state index in [1.807, 2.05) is 30.3 Å². The first kappa shape index (κ1) is 8.50. The fourth-order valence-electron chi connectivity index (χ4n) is 2.11. The van der Waals surface area contributed by atoms with Crippen molar-refractivity contribution in [3.63, 3.8) is 0 Å². The monoisotopic (exact) mass is 197 g/mol. The van der Waals surface area contributed by atoms with E-state index >= 15 is 0 Å². The second kappa shape index (κ2) is 3.11. The number of hydrogen-bond donors (Lipinski definition) is 2. The fraction of sp³-hybridized carbons (Fsp3) is 0.0769. The van der Waals surface area contributed by atoms with Crippen LogP contribution in [0.25, 0.3) is 21.8 Å². The van der Waals surface area contributed by atoms with Crippen LogP contribution in [0.4, 0.5) is 0 Å². The van der Waals surface area contributed by atoms with Gasteiger partial charge in [0, 0.05) is 21.8 Å². The van der Waals surface area contributed by atoms with Gasteiger partial charge in [0.1, 0.15) is 0 Å². The minimum Gasteiger partial charge on any atom is -0.392 e. The molecule has 3 aromatic rings. The fourth-order valence-corrected chi connectivity index (χ4v) is 2.11. The van der Waals surface area contributed by atoms with Crippen molar-refractivity contribution in [2.45, 2.75) is 6.61 Å². The van der Waals surface area contributed by atoms with Crippen LogP contribution in [0.1, 0.15) is 5.56 Å². The molecule has 2 nitrogen and oxygen atoms in total. The highest BCUT2D eigenvalue weighted by molar-refractivity contribution is 6.08. The van der Waals surface area contributed by atoms with Crippen molar-refractivity contribution in [3.05, 3.63) is 48.0 Å². The lowest BCUT2D eigenvalue weighted by Gasteiger charge is -1.98. The molecule has 0 bridgehead atoms. The molecule has 1 heterocycles. The summed E-state index contributed by atoms with van der Waals surface area (Å²) >= 11 is 0. The summed E-state index contributed by atoms with van der Waals surface area (Å²) in [4.78, 5) is 3.34. The molecule has 2 aromatic carbocycles. The third kappa shape index (κ3) is 1.15. The van der Waals surface area contributed by atoms with Crippen LogP contribution in [-0.2, 0) is 6.61 Å². The number of aromatic nitrogens is 1. The molecule has 0 radical (unpaired) electrons. The Bertz CT molecular complexity index is 625. The van der Waals surface area contributed by atoms with Gasteiger partial charge >= 0.3 is 0 Å². The predicted molar refractivity (Wildman–Crippen MR) is 61.7 cm³/mol. The van der Waals surface area contributed by atoms with Gasteiger partial charge in [-0.05, 0) is 17.7 Å². The second-order valence-electron chi connectivity index (χ2n) is 3.67. The number of fused-ring (bicyclic) bond motifs is 3. The summed E-state index contributed by atoms with van der Waals surface area (Å²) in [5.41, 5.74) is 3.18. The van der Waals surface area contributed by atoms with Gasteiger partial charge in [-0.25, -0.2) is 0 Å². The van der Waals surface area contributed by atoms with Gasteiger partial charge in [0.2, 0.25) is 0 Å². The maximum atomic E-state index is 9.30. The molecule has 15 heavy (non-hydrogen) atoms. The Morgan fingerprint density at radius 3 is 2.60 bits per heavy atom. The number of benzene rings is 2. The zero-order valence-electron chi connectivity index (χ0n) is 8.20. The van der Waals surface area contributed by atoms with E-state index in [1.54, 1.807) is 0 Å². The van der Waals surface area contributed by atoms with Crippen LogP contribution in [0.15, 0.2) is 42.5 Å². The Morgan fingerprint density at radius 2 is 1.73 bits per heavy atom. The smallest absolute Gasteiger partial charge is 0.0688 e. The third-order valence-corrected chi connectivity index (χ3v) is 2.79. The first-order valence-electron chi connectivity index (χ1n) is 4.99. The van der Waals surface area contributed by atoms with Gasteiger partial charge in [0.15, 0.2) is 0 Å². The minimum atomic E-state index is 0.0825. The standard InChI is InChI=1S/C13H11NO/c15-8-9-4-3-7-12-13(9)10-5-1-2-6-11(10)14-12/h1-7,14-15H,8H2. The molecular formula is C13H11NO. The molecule has 0 amide bonds. The SMILES string of the molecule is OCc1cccc2[nH]c3ccccc3c12. The number of rotatable bonds is 1. The van der Waals surface area contributed by atoms with Gasteiger partial charge in [0.05, 0.1) is 6.61 Å². The van der Waals surface area contributed by atoms with Gasteiger partial charge in [-0.15, -0.1) is 0 Å². The van der Waals surface area contributed by atoms with Gasteiger partial charge in [-0.1, -0.05) is 30.3 Å². The number of nitrogens with one attached hydrogen (secondary N) is 1. The molecule has 3 rings (SSSR count). The van der Waals surface area contributed by atoms with Crippen molar-refractivity contribution in [3.8, 4) is 0 Å². The third-order valence-electron chi connectivity index (χ3n) is 2.79. The van der Waals surface area contributed by atoms with Gasteiger partial charge in [-0.2, -0.15) is 0 Å². The molecule has 2 heteroatoms. The number of hydrogen-bond acceptors (Lipinski definition) is 1. The summed E-state index contributed by atoms with van der Waals surface area (Å²) in [6.07, 6.45) is 0. The Hall–Kier alpha value is -1.80. The zero-order chi connectivity index (χ0) is 10.3. The minimum absolute atomic E-state index is 0.0825. The largest absolute Gasteiger partial charge is 0.392 e. The maximum absolute atomic E-state index is 9.30. The number of aromatic amines is 1. The van der Waals surface area contributed by atoms with E-state index in [-0.39, 0.29) is 6.61 Å². The summed E-state index contributed by atoms with van der Waals surface area (Å²) in [5.74, 6) is 0. The van der Waals surface area contributed by atoms with Crippen molar-refractivity contribution in [2.24, 2.45) is 0 Å². The van der Waals surface area contributed by atoms with Crippen molar-refractivity contribution in [1.29, 1.82) is 0 Å². The van der Waals surface area contributed by atoms with Crippen molar-refractivity contribution in [2.75, 3.05) is 0 Å². The lowest BCUT2D eigenvalue weighted by Crippen LogP contribution is -1.82. The highest BCUT2D eigenvalue weighted by Gasteiger charge is 2.06. The molecule has 0 aliphatic heterocycles. The molecule has 0 saturated carbocycles. The van der Waals surface area contributed by atoms with Crippen LogP contribution in [0.5, 0.6) is 0 Å². The summed E-state index contributed by atoms with van der Waals surface area (Å²) in [7, 11) is 0. The normalized spacial score (nSPS) is 11.3. The molecule has 2 N–H and O–H groups in total. The summed E-state index contributed by atoms with van der Waals surface area (Å²) in [6.45, 7) is 0.0825. The van der Waals surface area contributed by atoms with Crippen molar-refractivity contribution in [1.82, 2.24) is 4.98 Å². The lowest BCUT2D eigenvalue weighted by atomic mass is 10.1. The topological polar surface area (TPSA) is 36.0 Å². The Balaban J connectivity index is 2.56. The van der Waals surface area contributed by atoms with E-state index in [1.165, 1.54) is 5.39 Å². The number of para-hydroxylation sites is 1. The molecule has 1 aromatic heterocycles. The number of aliphatic hydroxyl groups is 1. The van der Waals surface area contributed by atoms with E-state index in [0.29, 0.717) is 0 Å². The van der Waals surface area contributed by atoms with Gasteiger partial charge in [-0.3, -0.25) is 0 Å². The van der Waals surface area contributed by atoms with Crippen LogP contribution in [-0.4, -0.2) is 10.1 Å². The first-order chi connectivity index (χ1) is 7.40. The van der Waals surface area contributed by atoms with E-state index in [2.05, 4.69) is 17.1 Å². The number of H-pyrrole nitrogens is 1. The van der Waals surface area contributed by atoms with Crippen LogP contribution < -0.4 is 0 Å². The Morgan fingerprint density at radius 1 is 0.933 bits per heavy atom. The molecule has 74 valence electrons. The molecule has 0 saturated heterocycles. The molecule has 0 spiro atoms. The molecular weight excluding hydrogens is 186 g/mol. The molecule has 0 aliphatic rings. The first-order valence-corrected chi connectivity index (χ1v) is 4.99. The lowest BCUT2D eigenvalue weighted by molar-refractivity contribution is 0.283. The van der Waals surface area contributed by atoms with E-state index in [4.69, 9.17) is 0 Å². The molecule has 0 fully saturated rings. The maximum Gasteiger partial charge on any atom is 0.0688 e. The molecule has 0 atom stereocenters. The van der Waals surface area contributed by atoms with E-state index in [0.717, 1.165) is 22.0 Å². The summed E-state index contributed by atoms with van der Waals surface area (Å²) < 4.78 is 0. The Labute approximate surface area is 87.2 Å². The van der Waals surface area contributed by atoms with Crippen LogP contribution in [0, 0.1) is 0 Å². The predicted octanol–water partition coefficient (Wildman–Crippen LogP) is 2.81. The average molecular weight is 197 g/mol. The average Bonchev–Trinajstić information content (AvgIpc) is 2.67. The van der Waals surface area contributed by atoms with Gasteiger partial charge in [0.25, 0.3) is 0 Å². The van der Waals surface area contributed by atoms with Crippen molar-refractivity contribution < 1.29 is 5.11 Å². The number of aliphatic hydroxyl groups excluding tert-OH is 1. The quantitative estimate of drug-likeness (QED) is 0.618. The zero-order valence-corrected chi connectivity index (χ0v) is 8.20. The van der Waals surface area contributed by atoms with Gasteiger partial charge < -0.3 is 10.1 Å². The van der Waals surface area contributed by atoms with Crippen LogP contribution >= 0.6 is 0 Å².